The number of rotatable bonds is 4. The van der Waals surface area contributed by atoms with E-state index in [1.54, 1.807) is 6.33 Å². The van der Waals surface area contributed by atoms with Crippen LogP contribution in [0.1, 0.15) is 31.0 Å². The molecule has 76 valence electrons. The molecule has 3 heteroatoms. The monoisotopic (exact) mass is 191 g/mol. The predicted octanol–water partition coefficient (Wildman–Crippen LogP) is 2.64. The summed E-state index contributed by atoms with van der Waals surface area (Å²) in [7, 11) is 1.87. The van der Waals surface area contributed by atoms with E-state index in [-0.39, 0.29) is 0 Å². The zero-order valence-electron chi connectivity index (χ0n) is 9.04. The highest BCUT2D eigenvalue weighted by atomic mass is 15.0. The van der Waals surface area contributed by atoms with Gasteiger partial charge in [-0.2, -0.15) is 0 Å². The first-order valence-electron chi connectivity index (χ1n) is 4.95. The lowest BCUT2D eigenvalue weighted by Gasteiger charge is -2.05. The molecular weight excluding hydrogens is 174 g/mol. The maximum Gasteiger partial charge on any atom is 0.136 e. The molecular formula is C11H17N3. The van der Waals surface area contributed by atoms with Crippen molar-refractivity contribution >= 4 is 11.9 Å². The Hall–Kier alpha value is -1.38. The smallest absolute Gasteiger partial charge is 0.136 e. The molecule has 0 bridgehead atoms. The van der Waals surface area contributed by atoms with Crippen molar-refractivity contribution in [2.75, 3.05) is 12.4 Å². The summed E-state index contributed by atoms with van der Waals surface area (Å²) >= 11 is 0. The van der Waals surface area contributed by atoms with Gasteiger partial charge >= 0.3 is 0 Å². The number of unbranched alkanes of at least 4 members (excludes halogenated alkanes) is 1. The summed E-state index contributed by atoms with van der Waals surface area (Å²) in [6.07, 6.45) is 8.09. The Morgan fingerprint density at radius 2 is 2.21 bits per heavy atom. The van der Waals surface area contributed by atoms with E-state index in [2.05, 4.69) is 34.4 Å². The van der Waals surface area contributed by atoms with Crippen LogP contribution >= 0.6 is 0 Å². The van der Waals surface area contributed by atoms with E-state index in [0.29, 0.717) is 0 Å². The lowest BCUT2D eigenvalue weighted by Crippen LogP contribution is -1.99. The quantitative estimate of drug-likeness (QED) is 0.795. The fourth-order valence-corrected chi connectivity index (χ4v) is 1.25. The van der Waals surface area contributed by atoms with Crippen molar-refractivity contribution < 1.29 is 0 Å². The maximum atomic E-state index is 4.16. The minimum Gasteiger partial charge on any atom is -0.373 e. The molecule has 14 heavy (non-hydrogen) atoms. The Kier molecular flexibility index (Phi) is 4.11. The number of hydrogen-bond donors (Lipinski definition) is 1. The first kappa shape index (κ1) is 10.7. The highest BCUT2D eigenvalue weighted by Gasteiger charge is 2.02. The fourth-order valence-electron chi connectivity index (χ4n) is 1.25. The van der Waals surface area contributed by atoms with Gasteiger partial charge in [0.25, 0.3) is 0 Å². The summed E-state index contributed by atoms with van der Waals surface area (Å²) in [5.41, 5.74) is 2.10. The number of nitrogens with zero attached hydrogens (tertiary/aromatic N) is 2. The molecule has 1 N–H and O–H groups in total. The highest BCUT2D eigenvalue weighted by molar-refractivity contribution is 5.64. The first-order valence-corrected chi connectivity index (χ1v) is 4.95. The Balaban J connectivity index is 2.93. The van der Waals surface area contributed by atoms with Gasteiger partial charge in [0, 0.05) is 12.6 Å². The number of aromatic nitrogens is 2. The van der Waals surface area contributed by atoms with Gasteiger partial charge in [-0.3, -0.25) is 0 Å². The van der Waals surface area contributed by atoms with Crippen molar-refractivity contribution in [2.24, 2.45) is 0 Å². The molecule has 1 aromatic heterocycles. The molecule has 0 fully saturated rings. The van der Waals surface area contributed by atoms with Gasteiger partial charge in [-0.25, -0.2) is 9.97 Å². The third-order valence-electron chi connectivity index (χ3n) is 2.06. The molecule has 0 aliphatic rings. The van der Waals surface area contributed by atoms with Crippen LogP contribution in [0.2, 0.25) is 0 Å². The molecule has 3 nitrogen and oxygen atoms in total. The van der Waals surface area contributed by atoms with Crippen LogP contribution in [0.15, 0.2) is 12.4 Å². The van der Waals surface area contributed by atoms with Crippen molar-refractivity contribution in [2.45, 2.75) is 26.7 Å². The summed E-state index contributed by atoms with van der Waals surface area (Å²) in [5.74, 6) is 0.893. The second-order valence-corrected chi connectivity index (χ2v) is 3.16. The fraction of sp³-hybridized carbons (Fsp3) is 0.455. The molecule has 0 amide bonds. The molecule has 0 atom stereocenters. The SMILES string of the molecule is CCCC=Cc1c(C)ncnc1NC. The summed E-state index contributed by atoms with van der Waals surface area (Å²) in [6, 6.07) is 0. The molecule has 0 saturated heterocycles. The second kappa shape index (κ2) is 5.37. The third kappa shape index (κ3) is 2.55. The van der Waals surface area contributed by atoms with E-state index in [4.69, 9.17) is 0 Å². The number of aryl methyl sites for hydroxylation is 1. The first-order chi connectivity index (χ1) is 6.79. The minimum atomic E-state index is 0.893. The zero-order valence-corrected chi connectivity index (χ0v) is 9.04. The van der Waals surface area contributed by atoms with E-state index >= 15 is 0 Å². The average Bonchev–Trinajstić information content (AvgIpc) is 2.20. The van der Waals surface area contributed by atoms with Gasteiger partial charge < -0.3 is 5.32 Å². The Morgan fingerprint density at radius 1 is 1.43 bits per heavy atom. The van der Waals surface area contributed by atoms with Gasteiger partial charge in [-0.1, -0.05) is 25.5 Å². The topological polar surface area (TPSA) is 37.8 Å². The van der Waals surface area contributed by atoms with Crippen LogP contribution in [-0.2, 0) is 0 Å². The Morgan fingerprint density at radius 3 is 2.86 bits per heavy atom. The summed E-state index contributed by atoms with van der Waals surface area (Å²) in [5, 5.41) is 3.06. The molecule has 0 spiro atoms. The van der Waals surface area contributed by atoms with E-state index < -0.39 is 0 Å². The normalized spacial score (nSPS) is 10.8. The van der Waals surface area contributed by atoms with Crippen molar-refractivity contribution in [3.63, 3.8) is 0 Å². The number of nitrogens with one attached hydrogen (secondary N) is 1. The molecule has 0 radical (unpaired) electrons. The van der Waals surface area contributed by atoms with Gasteiger partial charge in [0.05, 0.1) is 5.69 Å². The lowest BCUT2D eigenvalue weighted by molar-refractivity contribution is 0.961. The standard InChI is InChI=1S/C11H17N3/c1-4-5-6-7-10-9(2)13-8-14-11(10)12-3/h6-8H,4-5H2,1-3H3,(H,12,13,14). The molecule has 1 heterocycles. The minimum absolute atomic E-state index is 0.893. The van der Waals surface area contributed by atoms with Crippen LogP contribution < -0.4 is 5.32 Å². The zero-order chi connectivity index (χ0) is 10.4. The average molecular weight is 191 g/mol. The highest BCUT2D eigenvalue weighted by Crippen LogP contribution is 2.16. The molecule has 1 rings (SSSR count). The summed E-state index contributed by atoms with van der Waals surface area (Å²) in [6.45, 7) is 4.16. The van der Waals surface area contributed by atoms with Gasteiger partial charge in [0.2, 0.25) is 0 Å². The Labute approximate surface area is 85.3 Å². The molecule has 0 aromatic carbocycles. The van der Waals surface area contributed by atoms with Crippen LogP contribution in [0.3, 0.4) is 0 Å². The molecule has 0 aliphatic carbocycles. The van der Waals surface area contributed by atoms with E-state index in [9.17, 15) is 0 Å². The largest absolute Gasteiger partial charge is 0.373 e. The predicted molar refractivity (Wildman–Crippen MR) is 60.3 cm³/mol. The number of hydrogen-bond acceptors (Lipinski definition) is 3. The van der Waals surface area contributed by atoms with Gasteiger partial charge in [0.1, 0.15) is 12.1 Å². The lowest BCUT2D eigenvalue weighted by atomic mass is 10.2. The van der Waals surface area contributed by atoms with Crippen LogP contribution in [0.25, 0.3) is 6.08 Å². The van der Waals surface area contributed by atoms with E-state index in [1.807, 2.05) is 14.0 Å². The van der Waals surface area contributed by atoms with Crippen molar-refractivity contribution in [1.82, 2.24) is 9.97 Å². The third-order valence-corrected chi connectivity index (χ3v) is 2.06. The van der Waals surface area contributed by atoms with Crippen molar-refractivity contribution in [3.8, 4) is 0 Å². The van der Waals surface area contributed by atoms with Crippen LogP contribution in [0.4, 0.5) is 5.82 Å². The van der Waals surface area contributed by atoms with Crippen LogP contribution in [-0.4, -0.2) is 17.0 Å². The van der Waals surface area contributed by atoms with Gasteiger partial charge in [0.15, 0.2) is 0 Å². The summed E-state index contributed by atoms with van der Waals surface area (Å²) in [4.78, 5) is 8.33. The summed E-state index contributed by atoms with van der Waals surface area (Å²) < 4.78 is 0. The Bertz CT molecular complexity index is 318. The van der Waals surface area contributed by atoms with Gasteiger partial charge in [-0.05, 0) is 13.3 Å². The maximum absolute atomic E-state index is 4.16. The second-order valence-electron chi connectivity index (χ2n) is 3.16. The van der Waals surface area contributed by atoms with Crippen molar-refractivity contribution in [3.05, 3.63) is 23.7 Å². The van der Waals surface area contributed by atoms with Crippen LogP contribution in [0, 0.1) is 6.92 Å². The van der Waals surface area contributed by atoms with Crippen LogP contribution in [0.5, 0.6) is 0 Å². The molecule has 0 unspecified atom stereocenters. The number of anilines is 1. The van der Waals surface area contributed by atoms with Gasteiger partial charge in [-0.15, -0.1) is 0 Å². The van der Waals surface area contributed by atoms with E-state index in [1.165, 1.54) is 0 Å². The van der Waals surface area contributed by atoms with E-state index in [0.717, 1.165) is 29.9 Å². The molecule has 1 aromatic rings. The molecule has 0 aliphatic heterocycles. The van der Waals surface area contributed by atoms with Crippen molar-refractivity contribution in [1.29, 1.82) is 0 Å². The number of allylic oxidation sites excluding steroid dienone is 1. The molecule has 0 saturated carbocycles.